The van der Waals surface area contributed by atoms with Gasteiger partial charge in [0.2, 0.25) is 0 Å². The van der Waals surface area contributed by atoms with Gasteiger partial charge in [-0.05, 0) is 43.7 Å². The lowest BCUT2D eigenvalue weighted by Crippen LogP contribution is -2.17. The highest BCUT2D eigenvalue weighted by atomic mass is 16.3. The Morgan fingerprint density at radius 3 is 3.00 bits per heavy atom. The zero-order valence-electron chi connectivity index (χ0n) is 11.9. The Kier molecular flexibility index (Phi) is 3.73. The summed E-state index contributed by atoms with van der Waals surface area (Å²) < 4.78 is 5.35. The molecule has 2 aromatic heterocycles. The van der Waals surface area contributed by atoms with E-state index in [2.05, 4.69) is 22.2 Å². The average molecular weight is 282 g/mol. The first-order chi connectivity index (χ1) is 10.2. The summed E-state index contributed by atoms with van der Waals surface area (Å²) in [5.41, 5.74) is 7.34. The normalized spacial score (nSPS) is 12.4. The highest BCUT2D eigenvalue weighted by Gasteiger charge is 2.08. The fourth-order valence-corrected chi connectivity index (χ4v) is 2.31. The molecule has 108 valence electrons. The van der Waals surface area contributed by atoms with Gasteiger partial charge in [0.15, 0.2) is 0 Å². The number of aromatic nitrogens is 2. The fourth-order valence-electron chi connectivity index (χ4n) is 2.31. The first-order valence-electron chi connectivity index (χ1n) is 7.01. The van der Waals surface area contributed by atoms with Crippen LogP contribution in [-0.2, 0) is 6.42 Å². The lowest BCUT2D eigenvalue weighted by atomic mass is 10.1. The SMILES string of the molecule is CC(CCc1ccco1)Nc1ncnc2cc(N)ccc12. The molecule has 2 heterocycles. The van der Waals surface area contributed by atoms with Crippen molar-refractivity contribution in [2.45, 2.75) is 25.8 Å². The van der Waals surface area contributed by atoms with Crippen molar-refractivity contribution < 1.29 is 4.42 Å². The molecule has 0 saturated carbocycles. The van der Waals surface area contributed by atoms with Crippen LogP contribution in [0.25, 0.3) is 10.9 Å². The van der Waals surface area contributed by atoms with Crippen molar-refractivity contribution in [1.29, 1.82) is 0 Å². The van der Waals surface area contributed by atoms with Gasteiger partial charge < -0.3 is 15.5 Å². The highest BCUT2D eigenvalue weighted by Crippen LogP contribution is 2.22. The summed E-state index contributed by atoms with van der Waals surface area (Å²) in [5.74, 6) is 1.84. The molecule has 0 bridgehead atoms. The van der Waals surface area contributed by atoms with Gasteiger partial charge in [-0.15, -0.1) is 0 Å². The molecule has 5 nitrogen and oxygen atoms in total. The third-order valence-electron chi connectivity index (χ3n) is 3.45. The molecule has 0 spiro atoms. The van der Waals surface area contributed by atoms with Crippen LogP contribution >= 0.6 is 0 Å². The quantitative estimate of drug-likeness (QED) is 0.702. The van der Waals surface area contributed by atoms with Crippen molar-refractivity contribution in [1.82, 2.24) is 9.97 Å². The summed E-state index contributed by atoms with van der Waals surface area (Å²) in [6.45, 7) is 2.13. The molecule has 0 radical (unpaired) electrons. The molecule has 21 heavy (non-hydrogen) atoms. The Labute approximate surface area is 123 Å². The molecule has 3 rings (SSSR count). The minimum Gasteiger partial charge on any atom is -0.469 e. The second-order valence-electron chi connectivity index (χ2n) is 5.16. The number of fused-ring (bicyclic) bond motifs is 1. The van der Waals surface area contributed by atoms with E-state index in [0.29, 0.717) is 5.69 Å². The number of rotatable bonds is 5. The van der Waals surface area contributed by atoms with Gasteiger partial charge in [-0.3, -0.25) is 0 Å². The molecule has 1 aromatic carbocycles. The van der Waals surface area contributed by atoms with E-state index in [1.165, 1.54) is 0 Å². The summed E-state index contributed by atoms with van der Waals surface area (Å²) in [6.07, 6.45) is 5.13. The number of hydrogen-bond donors (Lipinski definition) is 2. The van der Waals surface area contributed by atoms with E-state index in [4.69, 9.17) is 10.2 Å². The average Bonchev–Trinajstić information content (AvgIpc) is 2.98. The van der Waals surface area contributed by atoms with Crippen LogP contribution in [-0.4, -0.2) is 16.0 Å². The van der Waals surface area contributed by atoms with Gasteiger partial charge in [0, 0.05) is 23.5 Å². The van der Waals surface area contributed by atoms with Crippen LogP contribution in [0.1, 0.15) is 19.1 Å². The number of nitrogens with two attached hydrogens (primary N) is 1. The molecule has 0 aliphatic rings. The smallest absolute Gasteiger partial charge is 0.137 e. The Balaban J connectivity index is 1.72. The zero-order valence-corrected chi connectivity index (χ0v) is 11.9. The molecular weight excluding hydrogens is 264 g/mol. The van der Waals surface area contributed by atoms with Gasteiger partial charge in [0.05, 0.1) is 11.8 Å². The predicted octanol–water partition coefficient (Wildman–Crippen LogP) is 3.24. The lowest BCUT2D eigenvalue weighted by Gasteiger charge is -2.15. The maximum absolute atomic E-state index is 5.79. The van der Waals surface area contributed by atoms with Crippen molar-refractivity contribution in [3.8, 4) is 0 Å². The molecule has 0 aliphatic carbocycles. The summed E-state index contributed by atoms with van der Waals surface area (Å²) in [7, 11) is 0. The number of anilines is 2. The van der Waals surface area contributed by atoms with Gasteiger partial charge in [0.1, 0.15) is 17.9 Å². The summed E-state index contributed by atoms with van der Waals surface area (Å²) in [4.78, 5) is 8.59. The molecule has 0 amide bonds. The molecule has 1 unspecified atom stereocenters. The lowest BCUT2D eigenvalue weighted by molar-refractivity contribution is 0.495. The summed E-state index contributed by atoms with van der Waals surface area (Å²) in [5, 5.41) is 4.42. The number of nitrogens with zero attached hydrogens (tertiary/aromatic N) is 2. The standard InChI is InChI=1S/C16H18N4O/c1-11(4-6-13-3-2-8-21-13)20-16-14-7-5-12(17)9-15(14)18-10-19-16/h2-3,5,7-11H,4,6,17H2,1H3,(H,18,19,20). The van der Waals surface area contributed by atoms with E-state index < -0.39 is 0 Å². The molecule has 0 fully saturated rings. The van der Waals surface area contributed by atoms with Crippen LogP contribution < -0.4 is 11.1 Å². The topological polar surface area (TPSA) is 77.0 Å². The molecule has 0 aliphatic heterocycles. The van der Waals surface area contributed by atoms with Crippen LogP contribution in [0.5, 0.6) is 0 Å². The van der Waals surface area contributed by atoms with Crippen LogP contribution in [0.3, 0.4) is 0 Å². The molecule has 3 N–H and O–H groups in total. The van der Waals surface area contributed by atoms with Crippen LogP contribution in [0.2, 0.25) is 0 Å². The number of nitrogens with one attached hydrogen (secondary N) is 1. The minimum atomic E-state index is 0.283. The van der Waals surface area contributed by atoms with E-state index in [-0.39, 0.29) is 6.04 Å². The molecule has 1 atom stereocenters. The molecule has 5 heteroatoms. The first kappa shape index (κ1) is 13.4. The van der Waals surface area contributed by atoms with E-state index >= 15 is 0 Å². The number of furan rings is 1. The highest BCUT2D eigenvalue weighted by molar-refractivity contribution is 5.90. The van der Waals surface area contributed by atoms with Crippen molar-refractivity contribution in [2.24, 2.45) is 0 Å². The van der Waals surface area contributed by atoms with Gasteiger partial charge in [-0.1, -0.05) is 0 Å². The summed E-state index contributed by atoms with van der Waals surface area (Å²) >= 11 is 0. The second kappa shape index (κ2) is 5.83. The predicted molar refractivity (Wildman–Crippen MR) is 84.1 cm³/mol. The van der Waals surface area contributed by atoms with E-state index in [1.807, 2.05) is 30.3 Å². The largest absolute Gasteiger partial charge is 0.469 e. The fraction of sp³-hybridized carbons (Fsp3) is 0.250. The van der Waals surface area contributed by atoms with Crippen LogP contribution in [0.15, 0.2) is 47.3 Å². The first-order valence-corrected chi connectivity index (χ1v) is 7.01. The number of hydrogen-bond acceptors (Lipinski definition) is 5. The third-order valence-corrected chi connectivity index (χ3v) is 3.45. The Bertz CT molecular complexity index is 724. The third kappa shape index (κ3) is 3.13. The van der Waals surface area contributed by atoms with Crippen molar-refractivity contribution in [3.05, 3.63) is 48.7 Å². The van der Waals surface area contributed by atoms with E-state index in [0.717, 1.165) is 35.3 Å². The Morgan fingerprint density at radius 2 is 2.19 bits per heavy atom. The number of aryl methyl sites for hydroxylation is 1. The zero-order chi connectivity index (χ0) is 14.7. The maximum atomic E-state index is 5.79. The molecule has 0 saturated heterocycles. The van der Waals surface area contributed by atoms with Gasteiger partial charge in [-0.25, -0.2) is 9.97 Å². The van der Waals surface area contributed by atoms with Crippen molar-refractivity contribution >= 4 is 22.4 Å². The monoisotopic (exact) mass is 282 g/mol. The molecule has 3 aromatic rings. The van der Waals surface area contributed by atoms with Crippen LogP contribution in [0, 0.1) is 0 Å². The van der Waals surface area contributed by atoms with Crippen molar-refractivity contribution in [3.63, 3.8) is 0 Å². The Morgan fingerprint density at radius 1 is 1.29 bits per heavy atom. The second-order valence-corrected chi connectivity index (χ2v) is 5.16. The maximum Gasteiger partial charge on any atom is 0.137 e. The van der Waals surface area contributed by atoms with E-state index in [1.54, 1.807) is 12.6 Å². The van der Waals surface area contributed by atoms with Gasteiger partial charge >= 0.3 is 0 Å². The summed E-state index contributed by atoms with van der Waals surface area (Å²) in [6, 6.07) is 9.86. The minimum absolute atomic E-state index is 0.283. The molecular formula is C16H18N4O. The van der Waals surface area contributed by atoms with E-state index in [9.17, 15) is 0 Å². The Hall–Kier alpha value is -2.56. The van der Waals surface area contributed by atoms with Gasteiger partial charge in [0.25, 0.3) is 0 Å². The van der Waals surface area contributed by atoms with Crippen molar-refractivity contribution in [2.75, 3.05) is 11.1 Å². The van der Waals surface area contributed by atoms with Gasteiger partial charge in [-0.2, -0.15) is 0 Å². The van der Waals surface area contributed by atoms with Crippen LogP contribution in [0.4, 0.5) is 11.5 Å². The number of benzene rings is 1. The number of nitrogen functional groups attached to an aromatic ring is 1.